The first kappa shape index (κ1) is 11.2. The van der Waals surface area contributed by atoms with E-state index in [1.165, 1.54) is 51.4 Å². The summed E-state index contributed by atoms with van der Waals surface area (Å²) in [7, 11) is 0. The third kappa shape index (κ3) is 1.58. The zero-order valence-corrected chi connectivity index (χ0v) is 11.7. The van der Waals surface area contributed by atoms with Crippen molar-refractivity contribution in [3.8, 4) is 0 Å². The number of amides is 1. The van der Waals surface area contributed by atoms with Gasteiger partial charge in [-0.3, -0.25) is 4.79 Å². The second kappa shape index (κ2) is 3.77. The zero-order chi connectivity index (χ0) is 12.6. The average molecular weight is 259 g/mol. The minimum absolute atomic E-state index is 0.377. The minimum Gasteiger partial charge on any atom is -0.353 e. The van der Waals surface area contributed by atoms with Gasteiger partial charge < -0.3 is 5.32 Å². The van der Waals surface area contributed by atoms with Gasteiger partial charge in [-0.25, -0.2) is 0 Å². The van der Waals surface area contributed by atoms with Gasteiger partial charge in [-0.1, -0.05) is 6.42 Å². The second-order valence-electron chi connectivity index (χ2n) is 8.19. The highest BCUT2D eigenvalue weighted by molar-refractivity contribution is 5.79. The predicted molar refractivity (Wildman–Crippen MR) is 73.3 cm³/mol. The largest absolute Gasteiger partial charge is 0.353 e. The third-order valence-corrected chi connectivity index (χ3v) is 7.37. The van der Waals surface area contributed by atoms with Crippen molar-refractivity contribution >= 4 is 5.91 Å². The van der Waals surface area contributed by atoms with Crippen LogP contribution in [0, 0.1) is 41.4 Å². The molecule has 5 rings (SSSR count). The maximum Gasteiger partial charge on any atom is 0.223 e. The van der Waals surface area contributed by atoms with Crippen molar-refractivity contribution in [2.75, 3.05) is 0 Å². The van der Waals surface area contributed by atoms with Gasteiger partial charge in [-0.2, -0.15) is 0 Å². The molecule has 2 heteroatoms. The van der Waals surface area contributed by atoms with Gasteiger partial charge in [0.1, 0.15) is 0 Å². The molecule has 5 fully saturated rings. The van der Waals surface area contributed by atoms with Crippen LogP contribution in [0.2, 0.25) is 0 Å². The number of hydrogen-bond donors (Lipinski definition) is 1. The lowest BCUT2D eigenvalue weighted by Gasteiger charge is -2.32. The van der Waals surface area contributed by atoms with E-state index < -0.39 is 0 Å². The minimum atomic E-state index is 0.377. The van der Waals surface area contributed by atoms with E-state index in [-0.39, 0.29) is 0 Å². The van der Waals surface area contributed by atoms with Crippen LogP contribution in [0.1, 0.15) is 51.4 Å². The lowest BCUT2D eigenvalue weighted by atomic mass is 9.79. The molecule has 1 amide bonds. The van der Waals surface area contributed by atoms with Gasteiger partial charge in [0.25, 0.3) is 0 Å². The van der Waals surface area contributed by atoms with Gasteiger partial charge in [-0.15, -0.1) is 0 Å². The van der Waals surface area contributed by atoms with Crippen molar-refractivity contribution in [2.45, 2.75) is 57.4 Å². The van der Waals surface area contributed by atoms with Crippen LogP contribution in [0.3, 0.4) is 0 Å². The lowest BCUT2D eigenvalue weighted by molar-refractivity contribution is -0.126. The molecule has 0 heterocycles. The van der Waals surface area contributed by atoms with Crippen molar-refractivity contribution < 1.29 is 4.79 Å². The van der Waals surface area contributed by atoms with E-state index in [1.54, 1.807) is 0 Å². The molecule has 0 saturated heterocycles. The van der Waals surface area contributed by atoms with E-state index in [2.05, 4.69) is 5.32 Å². The Morgan fingerprint density at radius 2 is 1.58 bits per heavy atom. The van der Waals surface area contributed by atoms with Crippen LogP contribution in [-0.4, -0.2) is 11.9 Å². The quantitative estimate of drug-likeness (QED) is 0.811. The summed E-state index contributed by atoms with van der Waals surface area (Å²) in [4.78, 5) is 12.4. The highest BCUT2D eigenvalue weighted by Gasteiger charge is 2.55. The summed E-state index contributed by atoms with van der Waals surface area (Å²) in [5.74, 6) is 6.46. The summed E-state index contributed by atoms with van der Waals surface area (Å²) >= 11 is 0. The van der Waals surface area contributed by atoms with Crippen LogP contribution < -0.4 is 5.32 Å². The Balaban J connectivity index is 1.24. The van der Waals surface area contributed by atoms with Gasteiger partial charge in [0, 0.05) is 12.0 Å². The molecule has 5 aliphatic rings. The zero-order valence-electron chi connectivity index (χ0n) is 11.7. The van der Waals surface area contributed by atoms with Crippen molar-refractivity contribution in [2.24, 2.45) is 41.4 Å². The van der Waals surface area contributed by atoms with E-state index in [1.807, 2.05) is 0 Å². The maximum atomic E-state index is 12.4. The molecule has 0 aromatic heterocycles. The lowest BCUT2D eigenvalue weighted by Crippen LogP contribution is -2.44. The summed E-state index contributed by atoms with van der Waals surface area (Å²) in [5.41, 5.74) is 0. The molecular formula is C17H25NO. The fourth-order valence-electron chi connectivity index (χ4n) is 6.46. The molecule has 104 valence electrons. The Morgan fingerprint density at radius 1 is 0.789 bits per heavy atom. The van der Waals surface area contributed by atoms with Crippen LogP contribution in [0.4, 0.5) is 0 Å². The molecule has 2 bridgehead atoms. The molecule has 0 spiro atoms. The smallest absolute Gasteiger partial charge is 0.223 e. The molecule has 0 radical (unpaired) electrons. The topological polar surface area (TPSA) is 29.1 Å². The fourth-order valence-corrected chi connectivity index (χ4v) is 6.46. The molecule has 0 aromatic rings. The van der Waals surface area contributed by atoms with Crippen molar-refractivity contribution in [3.63, 3.8) is 0 Å². The number of hydrogen-bond acceptors (Lipinski definition) is 1. The van der Waals surface area contributed by atoms with E-state index >= 15 is 0 Å². The summed E-state index contributed by atoms with van der Waals surface area (Å²) in [5, 5.41) is 3.47. The highest BCUT2D eigenvalue weighted by Crippen LogP contribution is 2.59. The van der Waals surface area contributed by atoms with E-state index in [0.29, 0.717) is 17.9 Å². The molecule has 1 N–H and O–H groups in total. The average Bonchev–Trinajstić information content (AvgIpc) is 2.91. The summed E-state index contributed by atoms with van der Waals surface area (Å²) in [6.07, 6.45) is 10.9. The first-order valence-corrected chi connectivity index (χ1v) is 8.60. The molecule has 0 aliphatic heterocycles. The van der Waals surface area contributed by atoms with Crippen LogP contribution in [0.5, 0.6) is 0 Å². The van der Waals surface area contributed by atoms with Crippen LogP contribution >= 0.6 is 0 Å². The number of carbonyl (C=O) groups excluding carboxylic acids is 1. The highest BCUT2D eigenvalue weighted by atomic mass is 16.2. The summed E-state index contributed by atoms with van der Waals surface area (Å²) in [6, 6.07) is 0.550. The molecular weight excluding hydrogens is 234 g/mol. The number of nitrogens with one attached hydrogen (secondary N) is 1. The normalized spacial score (nSPS) is 57.1. The van der Waals surface area contributed by atoms with Gasteiger partial charge in [0.15, 0.2) is 0 Å². The van der Waals surface area contributed by atoms with E-state index in [4.69, 9.17) is 0 Å². The van der Waals surface area contributed by atoms with Gasteiger partial charge in [0.05, 0.1) is 0 Å². The maximum absolute atomic E-state index is 12.4. The van der Waals surface area contributed by atoms with Crippen molar-refractivity contribution in [3.05, 3.63) is 0 Å². The Bertz CT molecular complexity index is 409. The summed E-state index contributed by atoms with van der Waals surface area (Å²) < 4.78 is 0. The Labute approximate surface area is 115 Å². The first-order valence-electron chi connectivity index (χ1n) is 8.60. The van der Waals surface area contributed by atoms with Crippen LogP contribution in [0.15, 0.2) is 0 Å². The van der Waals surface area contributed by atoms with E-state index in [0.717, 1.165) is 35.5 Å². The van der Waals surface area contributed by atoms with Gasteiger partial charge >= 0.3 is 0 Å². The monoisotopic (exact) mass is 259 g/mol. The van der Waals surface area contributed by atoms with Gasteiger partial charge in [-0.05, 0) is 80.5 Å². The summed E-state index contributed by atoms with van der Waals surface area (Å²) in [6.45, 7) is 0. The van der Waals surface area contributed by atoms with Crippen LogP contribution in [-0.2, 0) is 4.79 Å². The number of rotatable bonds is 2. The van der Waals surface area contributed by atoms with Gasteiger partial charge in [0.2, 0.25) is 5.91 Å². The molecule has 19 heavy (non-hydrogen) atoms. The number of fused-ring (bicyclic) bond motifs is 6. The third-order valence-electron chi connectivity index (χ3n) is 7.37. The Morgan fingerprint density at radius 3 is 2.42 bits per heavy atom. The molecule has 7 atom stereocenters. The molecule has 2 nitrogen and oxygen atoms in total. The Hall–Kier alpha value is -0.530. The van der Waals surface area contributed by atoms with Crippen LogP contribution in [0.25, 0.3) is 0 Å². The molecule has 5 aliphatic carbocycles. The SMILES string of the molecule is O=C(NC1CC2CC1C1CCCC21)C1CC2CC2C1. The standard InChI is InChI=1S/C17H25NO/c19-17(12-5-9-4-10(9)6-12)18-16-8-11-7-15(16)14-3-1-2-13(11)14/h9-16H,1-8H2,(H,18,19). The molecule has 5 saturated carbocycles. The Kier molecular flexibility index (Phi) is 2.21. The second-order valence-corrected chi connectivity index (χ2v) is 8.19. The first-order chi connectivity index (χ1) is 9.29. The van der Waals surface area contributed by atoms with Crippen molar-refractivity contribution in [1.29, 1.82) is 0 Å². The number of carbonyl (C=O) groups is 1. The molecule has 7 unspecified atom stereocenters. The predicted octanol–water partition coefficient (Wildman–Crippen LogP) is 2.97. The fraction of sp³-hybridized carbons (Fsp3) is 0.941. The van der Waals surface area contributed by atoms with E-state index in [9.17, 15) is 4.79 Å². The van der Waals surface area contributed by atoms with Crippen molar-refractivity contribution in [1.82, 2.24) is 5.32 Å². The molecule has 0 aromatic carbocycles.